The van der Waals surface area contributed by atoms with Crippen LogP contribution < -0.4 is 10.7 Å². The minimum Gasteiger partial charge on any atom is -0.360 e. The van der Waals surface area contributed by atoms with Crippen LogP contribution in [0.5, 0.6) is 0 Å². The molecule has 0 aliphatic rings. The summed E-state index contributed by atoms with van der Waals surface area (Å²) in [6.45, 7) is 0. The third-order valence-corrected chi connectivity index (χ3v) is 4.68. The molecule has 0 radical (unpaired) electrons. The third-order valence-electron chi connectivity index (χ3n) is 4.42. The standard InChI is InChI=1S/C21H13ClF3N3O/c22-14-5-7-15(8-6-14)28-20-18-17(9-10-26-20)27-11-16(19(18)29)12-1-3-13(4-2-12)21(23,24)25/h1-11H,(H,26,28)(H,27,29). The molecule has 0 unspecified atom stereocenters. The van der Waals surface area contributed by atoms with Crippen molar-refractivity contribution in [2.75, 3.05) is 5.32 Å². The van der Waals surface area contributed by atoms with Crippen LogP contribution in [-0.2, 0) is 6.18 Å². The molecule has 29 heavy (non-hydrogen) atoms. The lowest BCUT2D eigenvalue weighted by Gasteiger charge is -2.11. The van der Waals surface area contributed by atoms with Gasteiger partial charge in [0, 0.05) is 28.7 Å². The Morgan fingerprint density at radius 1 is 0.966 bits per heavy atom. The second-order valence-electron chi connectivity index (χ2n) is 6.32. The van der Waals surface area contributed by atoms with Gasteiger partial charge < -0.3 is 10.3 Å². The number of nitrogens with zero attached hydrogens (tertiary/aromatic N) is 1. The minimum atomic E-state index is -4.44. The number of hydrogen-bond acceptors (Lipinski definition) is 3. The first kappa shape index (κ1) is 19.0. The summed E-state index contributed by atoms with van der Waals surface area (Å²) in [5.74, 6) is 0.333. The number of H-pyrrole nitrogens is 1. The highest BCUT2D eigenvalue weighted by Crippen LogP contribution is 2.31. The molecule has 0 aliphatic carbocycles. The first-order valence-electron chi connectivity index (χ1n) is 8.53. The third kappa shape index (κ3) is 3.82. The molecule has 0 saturated carbocycles. The average molecular weight is 416 g/mol. The largest absolute Gasteiger partial charge is 0.416 e. The summed E-state index contributed by atoms with van der Waals surface area (Å²) in [6, 6.07) is 13.0. The molecule has 4 nitrogen and oxygen atoms in total. The van der Waals surface area contributed by atoms with Crippen molar-refractivity contribution in [3.63, 3.8) is 0 Å². The van der Waals surface area contributed by atoms with Crippen molar-refractivity contribution in [2.45, 2.75) is 6.18 Å². The molecular weight excluding hydrogens is 403 g/mol. The van der Waals surface area contributed by atoms with E-state index in [2.05, 4.69) is 15.3 Å². The zero-order valence-electron chi connectivity index (χ0n) is 14.7. The average Bonchev–Trinajstić information content (AvgIpc) is 2.69. The fourth-order valence-electron chi connectivity index (χ4n) is 2.98. The van der Waals surface area contributed by atoms with Crippen LogP contribution in [0.1, 0.15) is 5.56 Å². The molecule has 2 aromatic heterocycles. The van der Waals surface area contributed by atoms with Crippen molar-refractivity contribution in [1.29, 1.82) is 0 Å². The Bertz CT molecular complexity index is 1230. The van der Waals surface area contributed by atoms with Gasteiger partial charge in [-0.2, -0.15) is 13.2 Å². The lowest BCUT2D eigenvalue weighted by Crippen LogP contribution is -2.10. The van der Waals surface area contributed by atoms with E-state index in [0.29, 0.717) is 33.0 Å². The zero-order valence-corrected chi connectivity index (χ0v) is 15.5. The molecule has 0 saturated heterocycles. The summed E-state index contributed by atoms with van der Waals surface area (Å²) in [5.41, 5.74) is 0.750. The number of nitrogens with one attached hydrogen (secondary N) is 2. The van der Waals surface area contributed by atoms with Crippen LogP contribution in [0, 0.1) is 0 Å². The first-order valence-corrected chi connectivity index (χ1v) is 8.91. The normalized spacial score (nSPS) is 11.6. The van der Waals surface area contributed by atoms with E-state index in [1.807, 2.05) is 0 Å². The van der Waals surface area contributed by atoms with Gasteiger partial charge in [-0.15, -0.1) is 0 Å². The molecule has 146 valence electrons. The van der Waals surface area contributed by atoms with E-state index in [1.54, 1.807) is 36.5 Å². The summed E-state index contributed by atoms with van der Waals surface area (Å²) in [4.78, 5) is 20.4. The van der Waals surface area contributed by atoms with Crippen LogP contribution in [-0.4, -0.2) is 9.97 Å². The number of hydrogen-bond donors (Lipinski definition) is 2. The Hall–Kier alpha value is -3.32. The van der Waals surface area contributed by atoms with Crippen molar-refractivity contribution >= 4 is 34.0 Å². The van der Waals surface area contributed by atoms with Crippen LogP contribution in [0.3, 0.4) is 0 Å². The lowest BCUT2D eigenvalue weighted by molar-refractivity contribution is -0.137. The number of aromatic nitrogens is 2. The Balaban J connectivity index is 1.80. The van der Waals surface area contributed by atoms with Crippen molar-refractivity contribution in [2.24, 2.45) is 0 Å². The monoisotopic (exact) mass is 415 g/mol. The number of anilines is 2. The molecular formula is C21H13ClF3N3O. The van der Waals surface area contributed by atoms with Crippen LogP contribution >= 0.6 is 11.6 Å². The van der Waals surface area contributed by atoms with Gasteiger partial charge in [0.25, 0.3) is 0 Å². The van der Waals surface area contributed by atoms with Gasteiger partial charge in [0.15, 0.2) is 0 Å². The Labute approximate surface area is 168 Å². The van der Waals surface area contributed by atoms with Gasteiger partial charge in [-0.3, -0.25) is 4.79 Å². The fraction of sp³-hybridized carbons (Fsp3) is 0.0476. The molecule has 2 heterocycles. The second kappa shape index (κ2) is 7.25. The molecule has 0 atom stereocenters. The fourth-order valence-corrected chi connectivity index (χ4v) is 3.11. The highest BCUT2D eigenvalue weighted by molar-refractivity contribution is 6.30. The Kier molecular flexibility index (Phi) is 4.76. The summed E-state index contributed by atoms with van der Waals surface area (Å²) in [5, 5.41) is 3.96. The number of halogens is 4. The van der Waals surface area contributed by atoms with Crippen molar-refractivity contribution < 1.29 is 13.2 Å². The number of rotatable bonds is 3. The van der Waals surface area contributed by atoms with Crippen LogP contribution in [0.2, 0.25) is 5.02 Å². The van der Waals surface area contributed by atoms with Crippen LogP contribution in [0.15, 0.2) is 71.8 Å². The molecule has 0 bridgehead atoms. The molecule has 2 aromatic carbocycles. The van der Waals surface area contributed by atoms with Gasteiger partial charge in [-0.05, 0) is 48.0 Å². The van der Waals surface area contributed by atoms with E-state index in [9.17, 15) is 18.0 Å². The molecule has 0 spiro atoms. The summed E-state index contributed by atoms with van der Waals surface area (Å²) in [7, 11) is 0. The summed E-state index contributed by atoms with van der Waals surface area (Å²) < 4.78 is 38.4. The van der Waals surface area contributed by atoms with Gasteiger partial charge in [0.05, 0.1) is 16.5 Å². The van der Waals surface area contributed by atoms with Crippen molar-refractivity contribution in [1.82, 2.24) is 9.97 Å². The van der Waals surface area contributed by atoms with E-state index in [-0.39, 0.29) is 11.0 Å². The highest BCUT2D eigenvalue weighted by atomic mass is 35.5. The molecule has 0 aliphatic heterocycles. The topological polar surface area (TPSA) is 57.8 Å². The van der Waals surface area contributed by atoms with E-state index in [4.69, 9.17) is 11.6 Å². The van der Waals surface area contributed by atoms with Crippen LogP contribution in [0.4, 0.5) is 24.7 Å². The summed E-state index contributed by atoms with van der Waals surface area (Å²) in [6.07, 6.45) is -1.40. The number of fused-ring (bicyclic) bond motifs is 1. The zero-order chi connectivity index (χ0) is 20.6. The second-order valence-corrected chi connectivity index (χ2v) is 6.76. The van der Waals surface area contributed by atoms with Crippen LogP contribution in [0.25, 0.3) is 22.0 Å². The maximum atomic E-state index is 13.1. The van der Waals surface area contributed by atoms with Gasteiger partial charge >= 0.3 is 6.18 Å². The van der Waals surface area contributed by atoms with E-state index in [0.717, 1.165) is 12.1 Å². The molecule has 0 amide bonds. The van der Waals surface area contributed by atoms with Gasteiger partial charge in [-0.1, -0.05) is 23.7 Å². The molecule has 8 heteroatoms. The van der Waals surface area contributed by atoms with Gasteiger partial charge in [0.2, 0.25) is 5.43 Å². The van der Waals surface area contributed by atoms with E-state index >= 15 is 0 Å². The number of alkyl halides is 3. The highest BCUT2D eigenvalue weighted by Gasteiger charge is 2.30. The van der Waals surface area contributed by atoms with Gasteiger partial charge in [-0.25, -0.2) is 4.98 Å². The predicted octanol–water partition coefficient (Wildman–Crippen LogP) is 6.01. The number of pyridine rings is 2. The SMILES string of the molecule is O=c1c(-c2ccc(C(F)(F)F)cc2)c[nH]c2ccnc(Nc3ccc(Cl)cc3)c12. The number of aromatic amines is 1. The maximum absolute atomic E-state index is 13.1. The van der Waals surface area contributed by atoms with Crippen molar-refractivity contribution in [3.05, 3.63) is 87.8 Å². The summed E-state index contributed by atoms with van der Waals surface area (Å²) >= 11 is 5.89. The quantitative estimate of drug-likeness (QED) is 0.431. The number of benzene rings is 2. The minimum absolute atomic E-state index is 0.249. The lowest BCUT2D eigenvalue weighted by atomic mass is 10.0. The maximum Gasteiger partial charge on any atom is 0.416 e. The van der Waals surface area contributed by atoms with E-state index < -0.39 is 11.7 Å². The smallest absolute Gasteiger partial charge is 0.360 e. The molecule has 4 aromatic rings. The first-order chi connectivity index (χ1) is 13.8. The van der Waals surface area contributed by atoms with Gasteiger partial charge in [0.1, 0.15) is 5.82 Å². The van der Waals surface area contributed by atoms with Crippen molar-refractivity contribution in [3.8, 4) is 11.1 Å². The molecule has 2 N–H and O–H groups in total. The predicted molar refractivity (Wildman–Crippen MR) is 108 cm³/mol. The Morgan fingerprint density at radius 2 is 1.66 bits per heavy atom. The molecule has 0 fully saturated rings. The van der Waals surface area contributed by atoms with E-state index in [1.165, 1.54) is 18.3 Å². The Morgan fingerprint density at radius 3 is 2.31 bits per heavy atom. The molecule has 4 rings (SSSR count).